The second-order valence-electron chi connectivity index (χ2n) is 5.91. The highest BCUT2D eigenvalue weighted by atomic mass is 35.5. The average molecular weight is 380 g/mol. The first-order valence-corrected chi connectivity index (χ1v) is 8.73. The molecule has 0 aliphatic carbocycles. The van der Waals surface area contributed by atoms with E-state index in [9.17, 15) is 9.59 Å². The smallest absolute Gasteiger partial charge is 0.319 e. The van der Waals surface area contributed by atoms with Crippen molar-refractivity contribution in [3.63, 3.8) is 0 Å². The molecule has 0 bridgehead atoms. The Morgan fingerprint density at radius 1 is 1.31 bits per heavy atom. The van der Waals surface area contributed by atoms with Gasteiger partial charge >= 0.3 is 6.03 Å². The minimum absolute atomic E-state index is 0.0104. The van der Waals surface area contributed by atoms with E-state index in [0.717, 1.165) is 0 Å². The molecular formula is C17H22ClN5O3. The van der Waals surface area contributed by atoms with Crippen LogP contribution in [0.4, 0.5) is 10.5 Å². The highest BCUT2D eigenvalue weighted by Crippen LogP contribution is 2.23. The second-order valence-corrected chi connectivity index (χ2v) is 6.32. The Hall–Kier alpha value is -2.61. The third-order valence-corrected chi connectivity index (χ3v) is 3.67. The number of benzene rings is 1. The molecule has 1 heterocycles. The van der Waals surface area contributed by atoms with Crippen molar-refractivity contribution in [2.45, 2.75) is 39.7 Å². The number of hydrogen-bond acceptors (Lipinski definition) is 5. The summed E-state index contributed by atoms with van der Waals surface area (Å²) >= 11 is 6.09. The van der Waals surface area contributed by atoms with Crippen LogP contribution in [0.2, 0.25) is 5.02 Å². The van der Waals surface area contributed by atoms with Crippen molar-refractivity contribution >= 4 is 29.2 Å². The summed E-state index contributed by atoms with van der Waals surface area (Å²) in [6.45, 7) is 5.99. The Bertz CT molecular complexity index is 776. The highest BCUT2D eigenvalue weighted by Gasteiger charge is 2.12. The Labute approximate surface area is 156 Å². The molecule has 0 aliphatic heterocycles. The molecule has 1 aromatic heterocycles. The van der Waals surface area contributed by atoms with E-state index in [1.807, 2.05) is 20.8 Å². The van der Waals surface area contributed by atoms with Crippen LogP contribution in [0.25, 0.3) is 0 Å². The van der Waals surface area contributed by atoms with Crippen molar-refractivity contribution in [3.8, 4) is 0 Å². The molecule has 0 saturated carbocycles. The molecule has 2 rings (SSSR count). The number of nitrogens with one attached hydrogen (secondary N) is 3. The number of aryl methyl sites for hydroxylation is 1. The number of nitrogens with zero attached hydrogens (tertiary/aromatic N) is 2. The summed E-state index contributed by atoms with van der Waals surface area (Å²) in [6, 6.07) is 4.28. The number of halogens is 1. The molecule has 0 spiro atoms. The minimum Gasteiger partial charge on any atom is -0.350 e. The Balaban J connectivity index is 1.90. The van der Waals surface area contributed by atoms with E-state index in [1.165, 1.54) is 6.07 Å². The van der Waals surface area contributed by atoms with Crippen LogP contribution in [-0.2, 0) is 12.8 Å². The highest BCUT2D eigenvalue weighted by molar-refractivity contribution is 6.33. The molecule has 1 aromatic carbocycles. The molecular weight excluding hydrogens is 358 g/mol. The molecule has 2 aromatic rings. The first kappa shape index (κ1) is 19.7. The first-order valence-electron chi connectivity index (χ1n) is 8.35. The van der Waals surface area contributed by atoms with Gasteiger partial charge in [-0.2, -0.15) is 4.98 Å². The van der Waals surface area contributed by atoms with E-state index in [0.29, 0.717) is 47.4 Å². The van der Waals surface area contributed by atoms with Crippen molar-refractivity contribution in [3.05, 3.63) is 40.5 Å². The second kappa shape index (κ2) is 9.19. The summed E-state index contributed by atoms with van der Waals surface area (Å²) in [4.78, 5) is 28.2. The molecule has 26 heavy (non-hydrogen) atoms. The molecule has 3 amide bonds. The van der Waals surface area contributed by atoms with Crippen LogP contribution >= 0.6 is 11.6 Å². The third kappa shape index (κ3) is 5.73. The summed E-state index contributed by atoms with van der Waals surface area (Å²) in [5.41, 5.74) is 0.769. The molecule has 3 N–H and O–H groups in total. The Morgan fingerprint density at radius 2 is 2.08 bits per heavy atom. The van der Waals surface area contributed by atoms with Gasteiger partial charge in [0.25, 0.3) is 5.91 Å². The van der Waals surface area contributed by atoms with Gasteiger partial charge < -0.3 is 20.5 Å². The molecule has 0 radical (unpaired) electrons. The quantitative estimate of drug-likeness (QED) is 0.685. The summed E-state index contributed by atoms with van der Waals surface area (Å²) in [5, 5.41) is 12.3. The lowest BCUT2D eigenvalue weighted by Crippen LogP contribution is -2.31. The van der Waals surface area contributed by atoms with Crippen molar-refractivity contribution in [2.24, 2.45) is 0 Å². The van der Waals surface area contributed by atoms with Crippen LogP contribution < -0.4 is 16.0 Å². The molecule has 0 saturated heterocycles. The molecule has 8 nitrogen and oxygen atoms in total. The van der Waals surface area contributed by atoms with Crippen molar-refractivity contribution < 1.29 is 14.1 Å². The van der Waals surface area contributed by atoms with Gasteiger partial charge in [-0.15, -0.1) is 0 Å². The zero-order chi connectivity index (χ0) is 19.1. The van der Waals surface area contributed by atoms with Gasteiger partial charge in [-0.25, -0.2) is 4.79 Å². The topological polar surface area (TPSA) is 109 Å². The SMILES string of the molecule is CCc1nc(CCNC(=O)Nc2cc(C(=O)NC(C)C)ccc2Cl)no1. The largest absolute Gasteiger partial charge is 0.350 e. The number of amides is 3. The lowest BCUT2D eigenvalue weighted by molar-refractivity contribution is 0.0943. The molecule has 0 atom stereocenters. The number of urea groups is 1. The van der Waals surface area contributed by atoms with E-state index in [-0.39, 0.29) is 11.9 Å². The summed E-state index contributed by atoms with van der Waals surface area (Å²) in [7, 11) is 0. The number of rotatable bonds is 7. The summed E-state index contributed by atoms with van der Waals surface area (Å²) in [6.07, 6.45) is 1.11. The zero-order valence-corrected chi connectivity index (χ0v) is 15.7. The van der Waals surface area contributed by atoms with Gasteiger partial charge in [0.1, 0.15) is 0 Å². The fourth-order valence-electron chi connectivity index (χ4n) is 2.10. The van der Waals surface area contributed by atoms with Crippen LogP contribution in [0.15, 0.2) is 22.7 Å². The zero-order valence-electron chi connectivity index (χ0n) is 14.9. The molecule has 140 valence electrons. The van der Waals surface area contributed by atoms with Crippen molar-refractivity contribution in [1.82, 2.24) is 20.8 Å². The average Bonchev–Trinajstić information content (AvgIpc) is 3.04. The van der Waals surface area contributed by atoms with Crippen molar-refractivity contribution in [1.29, 1.82) is 0 Å². The Kier molecular flexibility index (Phi) is 6.97. The molecule has 0 fully saturated rings. The monoisotopic (exact) mass is 379 g/mol. The van der Waals surface area contributed by atoms with Crippen LogP contribution in [0, 0.1) is 0 Å². The van der Waals surface area contributed by atoms with E-state index < -0.39 is 6.03 Å². The van der Waals surface area contributed by atoms with Crippen molar-refractivity contribution in [2.75, 3.05) is 11.9 Å². The number of anilines is 1. The predicted octanol–water partition coefficient (Wildman–Crippen LogP) is 2.79. The predicted molar refractivity (Wildman–Crippen MR) is 98.5 cm³/mol. The van der Waals surface area contributed by atoms with Gasteiger partial charge in [0, 0.05) is 31.0 Å². The maximum absolute atomic E-state index is 12.1. The Morgan fingerprint density at radius 3 is 2.73 bits per heavy atom. The number of aromatic nitrogens is 2. The van der Waals surface area contributed by atoms with E-state index in [2.05, 4.69) is 26.1 Å². The van der Waals surface area contributed by atoms with Crippen LogP contribution in [0.5, 0.6) is 0 Å². The maximum atomic E-state index is 12.1. The third-order valence-electron chi connectivity index (χ3n) is 3.34. The maximum Gasteiger partial charge on any atom is 0.319 e. The molecule has 0 unspecified atom stereocenters. The summed E-state index contributed by atoms with van der Waals surface area (Å²) in [5.74, 6) is 0.865. The lowest BCUT2D eigenvalue weighted by atomic mass is 10.1. The standard InChI is InChI=1S/C17H22ClN5O3/c1-4-15-22-14(23-26-15)7-8-19-17(25)21-13-9-11(5-6-12(13)18)16(24)20-10(2)3/h5-6,9-10H,4,7-8H2,1-3H3,(H,20,24)(H2,19,21,25). The van der Waals surface area contributed by atoms with Gasteiger partial charge in [0.15, 0.2) is 5.82 Å². The number of carbonyl (C=O) groups excluding carboxylic acids is 2. The van der Waals surface area contributed by atoms with E-state index in [1.54, 1.807) is 12.1 Å². The minimum atomic E-state index is -0.437. The number of carbonyl (C=O) groups is 2. The van der Waals surface area contributed by atoms with Gasteiger partial charge in [-0.05, 0) is 32.0 Å². The summed E-state index contributed by atoms with van der Waals surface area (Å²) < 4.78 is 5.00. The molecule has 9 heteroatoms. The van der Waals surface area contributed by atoms with Crippen LogP contribution in [0.3, 0.4) is 0 Å². The van der Waals surface area contributed by atoms with Gasteiger partial charge in [0.05, 0.1) is 10.7 Å². The fourth-order valence-corrected chi connectivity index (χ4v) is 2.26. The number of hydrogen-bond donors (Lipinski definition) is 3. The van der Waals surface area contributed by atoms with Crippen LogP contribution in [-0.4, -0.2) is 34.7 Å². The van der Waals surface area contributed by atoms with Gasteiger partial charge in [-0.3, -0.25) is 4.79 Å². The normalized spacial score (nSPS) is 10.7. The van der Waals surface area contributed by atoms with Gasteiger partial charge in [-0.1, -0.05) is 23.7 Å². The molecule has 0 aliphatic rings. The fraction of sp³-hybridized carbons (Fsp3) is 0.412. The van der Waals surface area contributed by atoms with E-state index in [4.69, 9.17) is 16.1 Å². The van der Waals surface area contributed by atoms with Crippen LogP contribution in [0.1, 0.15) is 42.8 Å². The first-order chi connectivity index (χ1) is 12.4. The van der Waals surface area contributed by atoms with E-state index >= 15 is 0 Å². The lowest BCUT2D eigenvalue weighted by Gasteiger charge is -2.12. The van der Waals surface area contributed by atoms with Gasteiger partial charge in [0.2, 0.25) is 5.89 Å².